The maximum atomic E-state index is 12.1. The maximum absolute atomic E-state index is 12.1. The van der Waals surface area contributed by atoms with Crippen molar-refractivity contribution in [2.75, 3.05) is 0 Å². The second-order valence-corrected chi connectivity index (χ2v) is 5.99. The van der Waals surface area contributed by atoms with Crippen LogP contribution in [0.2, 0.25) is 10.0 Å². The average molecular weight is 393 g/mol. The number of alkyl halides is 3. The number of rotatable bonds is 1. The van der Waals surface area contributed by atoms with Crippen molar-refractivity contribution in [2.45, 2.75) is 31.9 Å². The van der Waals surface area contributed by atoms with E-state index in [1.807, 2.05) is 6.07 Å². The third kappa shape index (κ3) is 8.23. The molecule has 0 atom stereocenters. The number of hydrogen-bond donors (Lipinski definition) is 1. The zero-order chi connectivity index (χ0) is 18.9. The van der Waals surface area contributed by atoms with Gasteiger partial charge in [0.25, 0.3) is 5.91 Å². The first-order chi connectivity index (χ1) is 11.7. The summed E-state index contributed by atoms with van der Waals surface area (Å²) >= 11 is 11.1. The Morgan fingerprint density at radius 3 is 1.80 bits per heavy atom. The lowest BCUT2D eigenvalue weighted by molar-refractivity contribution is -0.141. The Bertz CT molecular complexity index is 668. The van der Waals surface area contributed by atoms with Crippen molar-refractivity contribution in [1.82, 2.24) is 4.98 Å². The molecule has 136 valence electrons. The van der Waals surface area contributed by atoms with Gasteiger partial charge in [-0.25, -0.2) is 0 Å². The molecular weight excluding hydrogens is 376 g/mol. The van der Waals surface area contributed by atoms with Gasteiger partial charge in [-0.3, -0.25) is 9.78 Å². The van der Waals surface area contributed by atoms with E-state index in [9.17, 15) is 18.0 Å². The van der Waals surface area contributed by atoms with Gasteiger partial charge in [-0.15, -0.1) is 0 Å². The summed E-state index contributed by atoms with van der Waals surface area (Å²) in [4.78, 5) is 13.6. The molecule has 1 aliphatic carbocycles. The summed E-state index contributed by atoms with van der Waals surface area (Å²) in [5.74, 6) is -1.14. The number of aromatic nitrogens is 1. The first kappa shape index (κ1) is 21.3. The van der Waals surface area contributed by atoms with E-state index in [-0.39, 0.29) is 0 Å². The Morgan fingerprint density at radius 1 is 1.00 bits per heavy atom. The highest BCUT2D eigenvalue weighted by Gasteiger charge is 2.36. The van der Waals surface area contributed by atoms with E-state index < -0.39 is 23.3 Å². The summed E-state index contributed by atoms with van der Waals surface area (Å²) in [5.41, 5.74) is 2.87. The van der Waals surface area contributed by atoms with E-state index in [1.165, 1.54) is 31.7 Å². The number of nitrogens with zero attached hydrogens (tertiary/aromatic N) is 1. The highest BCUT2D eigenvalue weighted by atomic mass is 35.5. The largest absolute Gasteiger partial charge is 0.434 e. The molecule has 25 heavy (non-hydrogen) atoms. The molecule has 1 aliphatic rings. The fourth-order valence-corrected chi connectivity index (χ4v) is 1.98. The van der Waals surface area contributed by atoms with Crippen LogP contribution in [0.4, 0.5) is 13.2 Å². The molecule has 1 aromatic carbocycles. The summed E-state index contributed by atoms with van der Waals surface area (Å²) < 4.78 is 36.4. The van der Waals surface area contributed by atoms with Crippen molar-refractivity contribution in [2.24, 2.45) is 5.73 Å². The maximum Gasteiger partial charge on any atom is 0.434 e. The van der Waals surface area contributed by atoms with Crippen molar-refractivity contribution < 1.29 is 18.0 Å². The number of halogens is 5. The van der Waals surface area contributed by atoms with Crippen LogP contribution in [-0.2, 0) is 6.18 Å². The second-order valence-electron chi connectivity index (χ2n) is 5.12. The van der Waals surface area contributed by atoms with Gasteiger partial charge >= 0.3 is 6.18 Å². The molecule has 0 aliphatic heterocycles. The van der Waals surface area contributed by atoms with Gasteiger partial charge in [0.2, 0.25) is 0 Å². The lowest BCUT2D eigenvalue weighted by Gasteiger charge is -2.07. The van der Waals surface area contributed by atoms with E-state index in [0.717, 1.165) is 12.3 Å². The van der Waals surface area contributed by atoms with Gasteiger partial charge in [-0.1, -0.05) is 55.0 Å². The molecule has 8 heteroatoms. The molecular formula is C17H17Cl2F3N2O. The van der Waals surface area contributed by atoms with Gasteiger partial charge < -0.3 is 5.73 Å². The standard InChI is InChI=1S/C7H5F3N2O.C6H4Cl2.C4H8/c8-7(9,10)5-4(6(11)13)2-1-3-12-5;7-5-2-1-3-6(8)4-5;1-2-4-3-1/h1-3H,(H2,11,13);1-4H;1-4H2. The van der Waals surface area contributed by atoms with Gasteiger partial charge in [0, 0.05) is 16.2 Å². The van der Waals surface area contributed by atoms with Crippen LogP contribution in [0.5, 0.6) is 0 Å². The zero-order valence-electron chi connectivity index (χ0n) is 13.2. The molecule has 1 fully saturated rings. The van der Waals surface area contributed by atoms with Crippen LogP contribution in [0.3, 0.4) is 0 Å². The zero-order valence-corrected chi connectivity index (χ0v) is 14.7. The molecule has 0 spiro atoms. The first-order valence-electron chi connectivity index (χ1n) is 7.45. The SMILES string of the molecule is C1CCC1.Clc1cccc(Cl)c1.NC(=O)c1cccnc1C(F)(F)F. The van der Waals surface area contributed by atoms with Crippen molar-refractivity contribution in [1.29, 1.82) is 0 Å². The van der Waals surface area contributed by atoms with Crippen molar-refractivity contribution in [3.63, 3.8) is 0 Å². The normalized spacial score (nSPS) is 12.7. The molecule has 0 saturated heterocycles. The van der Waals surface area contributed by atoms with E-state index in [2.05, 4.69) is 4.98 Å². The Labute approximate surface area is 154 Å². The molecule has 2 N–H and O–H groups in total. The van der Waals surface area contributed by atoms with E-state index >= 15 is 0 Å². The van der Waals surface area contributed by atoms with Gasteiger partial charge in [-0.2, -0.15) is 13.2 Å². The van der Waals surface area contributed by atoms with Crippen molar-refractivity contribution >= 4 is 29.1 Å². The fraction of sp³-hybridized carbons (Fsp3) is 0.294. The Kier molecular flexibility index (Phi) is 8.72. The minimum absolute atomic E-state index is 0.616. The smallest absolute Gasteiger partial charge is 0.366 e. The summed E-state index contributed by atoms with van der Waals surface area (Å²) in [6.45, 7) is 0. The third-order valence-electron chi connectivity index (χ3n) is 3.13. The van der Waals surface area contributed by atoms with E-state index in [4.69, 9.17) is 28.9 Å². The summed E-state index contributed by atoms with van der Waals surface area (Å²) in [6, 6.07) is 9.28. The van der Waals surface area contributed by atoms with E-state index in [1.54, 1.807) is 18.2 Å². The summed E-state index contributed by atoms with van der Waals surface area (Å²) in [7, 11) is 0. The molecule has 2 aromatic rings. The Morgan fingerprint density at radius 2 is 1.52 bits per heavy atom. The number of nitrogens with two attached hydrogens (primary N) is 1. The number of carbonyl (C=O) groups is 1. The van der Waals surface area contributed by atoms with Gasteiger partial charge in [0.1, 0.15) is 0 Å². The number of amides is 1. The molecule has 1 aromatic heterocycles. The summed E-state index contributed by atoms with van der Waals surface area (Å²) in [6.07, 6.45) is 2.31. The monoisotopic (exact) mass is 392 g/mol. The molecule has 3 nitrogen and oxygen atoms in total. The number of carbonyl (C=O) groups excluding carboxylic acids is 1. The highest BCUT2D eigenvalue weighted by Crippen LogP contribution is 2.29. The number of benzene rings is 1. The molecule has 1 saturated carbocycles. The topological polar surface area (TPSA) is 56.0 Å². The number of pyridine rings is 1. The predicted octanol–water partition coefficient (Wildman–Crippen LogP) is 5.75. The van der Waals surface area contributed by atoms with Crippen LogP contribution in [0.1, 0.15) is 41.7 Å². The number of primary amides is 1. The minimum Gasteiger partial charge on any atom is -0.366 e. The van der Waals surface area contributed by atoms with Crippen molar-refractivity contribution in [3.8, 4) is 0 Å². The van der Waals surface area contributed by atoms with E-state index in [0.29, 0.717) is 10.0 Å². The average Bonchev–Trinajstić information content (AvgIpc) is 2.45. The predicted molar refractivity (Wildman–Crippen MR) is 92.7 cm³/mol. The second kappa shape index (κ2) is 10.3. The minimum atomic E-state index is -4.65. The van der Waals surface area contributed by atoms with Gasteiger partial charge in [0.05, 0.1) is 5.56 Å². The van der Waals surface area contributed by atoms with Crippen LogP contribution in [-0.4, -0.2) is 10.9 Å². The van der Waals surface area contributed by atoms with Crippen LogP contribution in [0.25, 0.3) is 0 Å². The van der Waals surface area contributed by atoms with Gasteiger partial charge in [0.15, 0.2) is 5.69 Å². The number of hydrogen-bond acceptors (Lipinski definition) is 2. The Hall–Kier alpha value is -1.79. The molecule has 0 bridgehead atoms. The quantitative estimate of drug-likeness (QED) is 0.671. The van der Waals surface area contributed by atoms with Crippen LogP contribution >= 0.6 is 23.2 Å². The lowest BCUT2D eigenvalue weighted by atomic mass is 10.0. The van der Waals surface area contributed by atoms with Crippen LogP contribution in [0, 0.1) is 0 Å². The third-order valence-corrected chi connectivity index (χ3v) is 3.60. The highest BCUT2D eigenvalue weighted by molar-refractivity contribution is 6.34. The fourth-order valence-electron chi connectivity index (χ4n) is 1.54. The molecule has 1 amide bonds. The van der Waals surface area contributed by atoms with Gasteiger partial charge in [-0.05, 0) is 30.3 Å². The molecule has 0 unspecified atom stereocenters. The van der Waals surface area contributed by atoms with Crippen molar-refractivity contribution in [3.05, 3.63) is 63.9 Å². The lowest BCUT2D eigenvalue weighted by Crippen LogP contribution is -2.20. The Balaban J connectivity index is 0.000000218. The van der Waals surface area contributed by atoms with Crippen LogP contribution in [0.15, 0.2) is 42.6 Å². The molecule has 3 rings (SSSR count). The van der Waals surface area contributed by atoms with Crippen LogP contribution < -0.4 is 5.73 Å². The summed E-state index contributed by atoms with van der Waals surface area (Å²) in [5, 5.41) is 1.36. The first-order valence-corrected chi connectivity index (χ1v) is 8.20. The molecule has 0 radical (unpaired) electrons. The molecule has 1 heterocycles.